The lowest BCUT2D eigenvalue weighted by atomic mass is 10.2. The van der Waals surface area contributed by atoms with Crippen molar-refractivity contribution in [2.75, 3.05) is 5.32 Å². The van der Waals surface area contributed by atoms with E-state index in [-0.39, 0.29) is 0 Å². The zero-order chi connectivity index (χ0) is 15.9. The minimum atomic E-state index is -0.881. The predicted molar refractivity (Wildman–Crippen MR) is 87.3 cm³/mol. The van der Waals surface area contributed by atoms with Crippen molar-refractivity contribution >= 4 is 46.9 Å². The van der Waals surface area contributed by atoms with E-state index >= 15 is 0 Å². The molecule has 0 aliphatic rings. The molecule has 0 fully saturated rings. The molecule has 0 aromatic heterocycles. The van der Waals surface area contributed by atoms with Crippen LogP contribution in [0.2, 0.25) is 10.0 Å². The summed E-state index contributed by atoms with van der Waals surface area (Å²) in [6.45, 7) is 0. The van der Waals surface area contributed by atoms with Gasteiger partial charge in [-0.3, -0.25) is 9.59 Å². The van der Waals surface area contributed by atoms with Crippen LogP contribution in [0.4, 0.5) is 5.69 Å². The van der Waals surface area contributed by atoms with Gasteiger partial charge < -0.3 is 5.32 Å². The maximum atomic E-state index is 11.6. The van der Waals surface area contributed by atoms with E-state index in [0.29, 0.717) is 21.3 Å². The fourth-order valence-corrected chi connectivity index (χ4v) is 1.85. The summed E-state index contributed by atoms with van der Waals surface area (Å²) in [4.78, 5) is 23.2. The van der Waals surface area contributed by atoms with Gasteiger partial charge in [0.05, 0.1) is 6.21 Å². The number of hydrogen-bond donors (Lipinski definition) is 2. The topological polar surface area (TPSA) is 70.6 Å². The van der Waals surface area contributed by atoms with Gasteiger partial charge in [-0.25, -0.2) is 5.43 Å². The Morgan fingerprint density at radius 3 is 2.36 bits per heavy atom. The molecule has 5 nitrogen and oxygen atoms in total. The fourth-order valence-electron chi connectivity index (χ4n) is 1.52. The zero-order valence-electron chi connectivity index (χ0n) is 11.2. The molecule has 2 aromatic rings. The molecule has 112 valence electrons. The molecule has 2 N–H and O–H groups in total. The van der Waals surface area contributed by atoms with Crippen molar-refractivity contribution < 1.29 is 9.59 Å². The Bertz CT molecular complexity index is 715. The zero-order valence-corrected chi connectivity index (χ0v) is 12.7. The number of anilines is 1. The Labute approximate surface area is 136 Å². The van der Waals surface area contributed by atoms with Crippen molar-refractivity contribution in [2.45, 2.75) is 0 Å². The van der Waals surface area contributed by atoms with Crippen molar-refractivity contribution in [1.82, 2.24) is 5.43 Å². The third kappa shape index (κ3) is 4.87. The predicted octanol–water partition coefficient (Wildman–Crippen LogP) is 3.08. The molecular formula is C15H11Cl2N3O2. The van der Waals surface area contributed by atoms with E-state index in [1.165, 1.54) is 6.21 Å². The van der Waals surface area contributed by atoms with Gasteiger partial charge in [-0.05, 0) is 42.0 Å². The van der Waals surface area contributed by atoms with Gasteiger partial charge in [0.2, 0.25) is 0 Å². The van der Waals surface area contributed by atoms with Crippen molar-refractivity contribution in [3.63, 3.8) is 0 Å². The van der Waals surface area contributed by atoms with E-state index < -0.39 is 11.8 Å². The Morgan fingerprint density at radius 2 is 1.68 bits per heavy atom. The third-order valence-corrected chi connectivity index (χ3v) is 3.02. The van der Waals surface area contributed by atoms with Gasteiger partial charge in [0, 0.05) is 15.7 Å². The summed E-state index contributed by atoms with van der Waals surface area (Å²) in [5.41, 5.74) is 3.29. The first kappa shape index (κ1) is 16.0. The third-order valence-electron chi connectivity index (χ3n) is 2.54. The van der Waals surface area contributed by atoms with Crippen LogP contribution in [0.5, 0.6) is 0 Å². The molecule has 0 radical (unpaired) electrons. The second-order valence-corrected chi connectivity index (χ2v) is 5.09. The van der Waals surface area contributed by atoms with Gasteiger partial charge >= 0.3 is 11.8 Å². The van der Waals surface area contributed by atoms with Crippen LogP contribution in [0.1, 0.15) is 5.56 Å². The molecule has 7 heteroatoms. The van der Waals surface area contributed by atoms with Crippen molar-refractivity contribution in [3.8, 4) is 0 Å². The van der Waals surface area contributed by atoms with E-state index in [1.54, 1.807) is 48.5 Å². The van der Waals surface area contributed by atoms with Crippen molar-refractivity contribution in [1.29, 1.82) is 0 Å². The Morgan fingerprint density at radius 1 is 0.955 bits per heavy atom. The number of nitrogens with zero attached hydrogens (tertiary/aromatic N) is 1. The molecule has 0 unspecified atom stereocenters. The second kappa shape index (κ2) is 7.59. The molecule has 0 saturated carbocycles. The van der Waals surface area contributed by atoms with Gasteiger partial charge in [0.15, 0.2) is 0 Å². The van der Waals surface area contributed by atoms with Crippen LogP contribution in [-0.4, -0.2) is 18.0 Å². The van der Waals surface area contributed by atoms with Crippen LogP contribution in [0, 0.1) is 0 Å². The first-order chi connectivity index (χ1) is 10.5. The van der Waals surface area contributed by atoms with Crippen LogP contribution >= 0.6 is 23.2 Å². The molecule has 0 aliphatic heterocycles. The molecule has 0 heterocycles. The molecule has 2 aromatic carbocycles. The summed E-state index contributed by atoms with van der Waals surface area (Å²) in [7, 11) is 0. The number of benzene rings is 2. The van der Waals surface area contributed by atoms with Crippen LogP contribution in [0.3, 0.4) is 0 Å². The molecular weight excluding hydrogens is 325 g/mol. The van der Waals surface area contributed by atoms with Crippen LogP contribution in [-0.2, 0) is 9.59 Å². The summed E-state index contributed by atoms with van der Waals surface area (Å²) < 4.78 is 0. The van der Waals surface area contributed by atoms with Gasteiger partial charge in [-0.1, -0.05) is 35.3 Å². The standard InChI is InChI=1S/C15H11Cl2N3O2/c16-11-4-6-13(7-5-11)19-14(21)15(22)20-18-9-10-2-1-3-12(17)8-10/h1-9H,(H,19,21)(H,20,22)/b18-9+. The Hall–Kier alpha value is -2.37. The minimum absolute atomic E-state index is 0.461. The summed E-state index contributed by atoms with van der Waals surface area (Å²) in [5.74, 6) is -1.71. The highest BCUT2D eigenvalue weighted by atomic mass is 35.5. The Kier molecular flexibility index (Phi) is 5.52. The molecule has 0 saturated heterocycles. The van der Waals surface area contributed by atoms with E-state index in [1.807, 2.05) is 0 Å². The highest BCUT2D eigenvalue weighted by molar-refractivity contribution is 6.39. The van der Waals surface area contributed by atoms with Crippen LogP contribution in [0.15, 0.2) is 53.6 Å². The molecule has 0 aliphatic carbocycles. The lowest BCUT2D eigenvalue weighted by Gasteiger charge is -2.03. The Balaban J connectivity index is 1.89. The number of hydrazone groups is 1. The summed E-state index contributed by atoms with van der Waals surface area (Å²) in [6.07, 6.45) is 1.39. The fraction of sp³-hybridized carbons (Fsp3) is 0. The van der Waals surface area contributed by atoms with E-state index in [9.17, 15) is 9.59 Å². The number of halogens is 2. The van der Waals surface area contributed by atoms with Crippen LogP contribution in [0.25, 0.3) is 0 Å². The molecule has 2 amide bonds. The average Bonchev–Trinajstić information content (AvgIpc) is 2.49. The maximum absolute atomic E-state index is 11.6. The normalized spacial score (nSPS) is 10.5. The van der Waals surface area contributed by atoms with Crippen LogP contribution < -0.4 is 10.7 Å². The lowest BCUT2D eigenvalue weighted by molar-refractivity contribution is -0.136. The summed E-state index contributed by atoms with van der Waals surface area (Å²) in [5, 5.41) is 7.20. The quantitative estimate of drug-likeness (QED) is 0.514. The first-order valence-corrected chi connectivity index (χ1v) is 6.96. The maximum Gasteiger partial charge on any atom is 0.329 e. The number of nitrogens with one attached hydrogen (secondary N) is 2. The van der Waals surface area contributed by atoms with E-state index in [2.05, 4.69) is 15.8 Å². The van der Waals surface area contributed by atoms with Crippen molar-refractivity contribution in [3.05, 3.63) is 64.1 Å². The second-order valence-electron chi connectivity index (χ2n) is 4.22. The number of amides is 2. The summed E-state index contributed by atoms with van der Waals surface area (Å²) in [6, 6.07) is 13.3. The average molecular weight is 336 g/mol. The highest BCUT2D eigenvalue weighted by Crippen LogP contribution is 2.13. The van der Waals surface area contributed by atoms with Gasteiger partial charge in [0.1, 0.15) is 0 Å². The number of carbonyl (C=O) groups excluding carboxylic acids is 2. The lowest BCUT2D eigenvalue weighted by Crippen LogP contribution is -2.32. The SMILES string of the molecule is O=C(N/N=C/c1cccc(Cl)c1)C(=O)Nc1ccc(Cl)cc1. The number of hydrogen-bond acceptors (Lipinski definition) is 3. The van der Waals surface area contributed by atoms with Crippen molar-refractivity contribution in [2.24, 2.45) is 5.10 Å². The monoisotopic (exact) mass is 335 g/mol. The van der Waals surface area contributed by atoms with E-state index in [4.69, 9.17) is 23.2 Å². The molecule has 22 heavy (non-hydrogen) atoms. The van der Waals surface area contributed by atoms with Gasteiger partial charge in [-0.2, -0.15) is 5.10 Å². The smallest absolute Gasteiger partial charge is 0.318 e. The largest absolute Gasteiger partial charge is 0.329 e. The first-order valence-electron chi connectivity index (χ1n) is 6.20. The summed E-state index contributed by atoms with van der Waals surface area (Å²) >= 11 is 11.5. The number of rotatable bonds is 3. The highest BCUT2D eigenvalue weighted by Gasteiger charge is 2.12. The molecule has 2 rings (SSSR count). The van der Waals surface area contributed by atoms with E-state index in [0.717, 1.165) is 0 Å². The van der Waals surface area contributed by atoms with Gasteiger partial charge in [-0.15, -0.1) is 0 Å². The minimum Gasteiger partial charge on any atom is -0.318 e. The molecule has 0 spiro atoms. The molecule has 0 atom stereocenters. The number of carbonyl (C=O) groups is 2. The molecule has 0 bridgehead atoms. The van der Waals surface area contributed by atoms with Gasteiger partial charge in [0.25, 0.3) is 0 Å².